The van der Waals surface area contributed by atoms with Crippen LogP contribution in [0.25, 0.3) is 21.8 Å². The van der Waals surface area contributed by atoms with Crippen molar-refractivity contribution in [2.45, 2.75) is 13.1 Å². The highest BCUT2D eigenvalue weighted by Crippen LogP contribution is 2.30. The number of hydrogen-bond donors (Lipinski definition) is 1. The lowest BCUT2D eigenvalue weighted by Gasteiger charge is -2.04. The van der Waals surface area contributed by atoms with Gasteiger partial charge >= 0.3 is 0 Å². The Balaban J connectivity index is 0.000000166. The van der Waals surface area contributed by atoms with Gasteiger partial charge in [0, 0.05) is 17.1 Å². The van der Waals surface area contributed by atoms with Gasteiger partial charge in [-0.15, -0.1) is 0 Å². The second-order valence-electron chi connectivity index (χ2n) is 9.08. The van der Waals surface area contributed by atoms with Crippen molar-refractivity contribution < 1.29 is 4.92 Å². The Bertz CT molecular complexity index is 2000. The third-order valence-corrected chi connectivity index (χ3v) is 7.16. The SMILES string of the molecule is N#Cc1cccc(Cn2nc(I)c3c([N+](=O)[O-])cccc32)c1.N#Cc1cccc(Cn2ncc3c(N)cccc32)c1. The highest BCUT2D eigenvalue weighted by atomic mass is 127. The quantitative estimate of drug-likeness (QED) is 0.104. The van der Waals surface area contributed by atoms with Crippen molar-refractivity contribution in [3.63, 3.8) is 0 Å². The first-order valence-corrected chi connectivity index (χ1v) is 13.4. The summed E-state index contributed by atoms with van der Waals surface area (Å²) in [6, 6.07) is 29.7. The van der Waals surface area contributed by atoms with Crippen molar-refractivity contribution in [2.75, 3.05) is 5.73 Å². The molecule has 0 bridgehead atoms. The lowest BCUT2D eigenvalue weighted by atomic mass is 10.1. The van der Waals surface area contributed by atoms with E-state index in [0.29, 0.717) is 38.8 Å². The zero-order valence-corrected chi connectivity index (χ0v) is 23.6. The first-order valence-electron chi connectivity index (χ1n) is 12.4. The Kier molecular flexibility index (Phi) is 7.90. The van der Waals surface area contributed by atoms with Gasteiger partial charge in [-0.05, 0) is 76.2 Å². The molecule has 0 amide bonds. The van der Waals surface area contributed by atoms with Crippen LogP contribution in [0.4, 0.5) is 11.4 Å². The molecule has 0 unspecified atom stereocenters. The maximum atomic E-state index is 11.1. The number of nitro benzene ring substituents is 1. The Morgan fingerprint density at radius 1 is 0.854 bits per heavy atom. The molecule has 6 rings (SSSR count). The molecule has 0 saturated heterocycles. The molecule has 10 nitrogen and oxygen atoms in total. The maximum absolute atomic E-state index is 11.1. The van der Waals surface area contributed by atoms with Gasteiger partial charge in [-0.2, -0.15) is 20.7 Å². The number of nitro groups is 1. The van der Waals surface area contributed by atoms with Crippen LogP contribution in [0.3, 0.4) is 0 Å². The Morgan fingerprint density at radius 2 is 1.44 bits per heavy atom. The molecule has 0 aliphatic heterocycles. The average Bonchev–Trinajstić information content (AvgIpc) is 3.54. The van der Waals surface area contributed by atoms with Crippen molar-refractivity contribution >= 4 is 55.8 Å². The molecule has 0 fully saturated rings. The normalized spacial score (nSPS) is 10.5. The number of fused-ring (bicyclic) bond motifs is 2. The summed E-state index contributed by atoms with van der Waals surface area (Å²) in [4.78, 5) is 10.8. The molecule has 0 aliphatic carbocycles. The Morgan fingerprint density at radius 3 is 2.07 bits per heavy atom. The van der Waals surface area contributed by atoms with Gasteiger partial charge in [0.05, 0.1) is 58.5 Å². The van der Waals surface area contributed by atoms with Crippen molar-refractivity contribution in [1.82, 2.24) is 19.6 Å². The van der Waals surface area contributed by atoms with Gasteiger partial charge in [0.25, 0.3) is 5.69 Å². The topological polar surface area (TPSA) is 152 Å². The van der Waals surface area contributed by atoms with E-state index >= 15 is 0 Å². The number of nitrogens with two attached hydrogens (primary N) is 1. The molecular weight excluding hydrogens is 631 g/mol. The van der Waals surface area contributed by atoms with Crippen LogP contribution in [0.5, 0.6) is 0 Å². The van der Waals surface area contributed by atoms with Crippen LogP contribution in [0.15, 0.2) is 91.1 Å². The van der Waals surface area contributed by atoms with Crippen molar-refractivity contribution in [3.8, 4) is 12.1 Å². The van der Waals surface area contributed by atoms with E-state index in [4.69, 9.17) is 16.3 Å². The number of nitrogen functional groups attached to an aromatic ring is 1. The second-order valence-corrected chi connectivity index (χ2v) is 10.1. The first-order chi connectivity index (χ1) is 19.9. The van der Waals surface area contributed by atoms with Crippen LogP contribution in [0, 0.1) is 36.5 Å². The van der Waals surface area contributed by atoms with Crippen LogP contribution < -0.4 is 5.73 Å². The van der Waals surface area contributed by atoms with Crippen LogP contribution in [-0.4, -0.2) is 24.5 Å². The average molecular weight is 652 g/mol. The molecular formula is C30H21IN8O2. The minimum absolute atomic E-state index is 0.0546. The minimum atomic E-state index is -0.396. The third kappa shape index (κ3) is 5.85. The zero-order chi connectivity index (χ0) is 28.9. The van der Waals surface area contributed by atoms with Crippen molar-refractivity contribution in [3.05, 3.63) is 127 Å². The van der Waals surface area contributed by atoms with Gasteiger partial charge < -0.3 is 5.73 Å². The summed E-state index contributed by atoms with van der Waals surface area (Å²) >= 11 is 2.01. The van der Waals surface area contributed by atoms with Gasteiger partial charge in [-0.25, -0.2) is 0 Å². The highest BCUT2D eigenvalue weighted by Gasteiger charge is 2.19. The van der Waals surface area contributed by atoms with E-state index in [1.807, 2.05) is 81.9 Å². The van der Waals surface area contributed by atoms with Gasteiger partial charge in [0.1, 0.15) is 9.09 Å². The second kappa shape index (κ2) is 11.9. The molecule has 2 heterocycles. The molecule has 6 aromatic rings. The molecule has 0 radical (unpaired) electrons. The van der Waals surface area contributed by atoms with Crippen LogP contribution >= 0.6 is 22.6 Å². The van der Waals surface area contributed by atoms with E-state index in [1.165, 1.54) is 6.07 Å². The molecule has 200 valence electrons. The Hall–Kier alpha value is -5.27. The van der Waals surface area contributed by atoms with Gasteiger partial charge in [0.15, 0.2) is 0 Å². The summed E-state index contributed by atoms with van der Waals surface area (Å²) in [6.45, 7) is 1.08. The summed E-state index contributed by atoms with van der Waals surface area (Å²) in [5.41, 5.74) is 11.6. The fraction of sp³-hybridized carbons (Fsp3) is 0.0667. The lowest BCUT2D eigenvalue weighted by Crippen LogP contribution is -2.02. The molecule has 4 aromatic carbocycles. The molecule has 0 aliphatic rings. The number of non-ortho nitro benzene ring substituents is 1. The van der Waals surface area contributed by atoms with Crippen molar-refractivity contribution in [2.24, 2.45) is 0 Å². The van der Waals surface area contributed by atoms with E-state index in [0.717, 1.165) is 27.7 Å². The fourth-order valence-corrected chi connectivity index (χ4v) is 5.33. The van der Waals surface area contributed by atoms with Gasteiger partial charge in [-0.1, -0.05) is 36.4 Å². The molecule has 2 aromatic heterocycles. The van der Waals surface area contributed by atoms with Crippen LogP contribution in [0.1, 0.15) is 22.3 Å². The summed E-state index contributed by atoms with van der Waals surface area (Å²) in [7, 11) is 0. The number of halogens is 1. The number of rotatable bonds is 5. The maximum Gasteiger partial charge on any atom is 0.281 e. The number of aromatic nitrogens is 4. The zero-order valence-electron chi connectivity index (χ0n) is 21.5. The summed E-state index contributed by atoms with van der Waals surface area (Å²) in [5, 5.41) is 39.3. The summed E-state index contributed by atoms with van der Waals surface area (Å²) in [6.07, 6.45) is 1.78. The van der Waals surface area contributed by atoms with Crippen LogP contribution in [0.2, 0.25) is 0 Å². The standard InChI is InChI=1S/C15H9IN4O2.C15H12N4/c16-15-14-12(5-2-6-13(14)20(21)22)19(18-15)9-11-4-1-3-10(7-11)8-17;16-8-11-3-1-4-12(7-11)10-19-15-6-2-5-14(17)13(15)9-18-19/h1-7H,9H2;1-7,9H,10,17H2. The summed E-state index contributed by atoms with van der Waals surface area (Å²) in [5.74, 6) is 0. The van der Waals surface area contributed by atoms with E-state index < -0.39 is 4.92 Å². The van der Waals surface area contributed by atoms with E-state index in [9.17, 15) is 10.1 Å². The largest absolute Gasteiger partial charge is 0.398 e. The van der Waals surface area contributed by atoms with Crippen LogP contribution in [-0.2, 0) is 13.1 Å². The molecule has 0 atom stereocenters. The van der Waals surface area contributed by atoms with Gasteiger partial charge in [0.2, 0.25) is 0 Å². The molecule has 0 saturated carbocycles. The number of hydrogen-bond acceptors (Lipinski definition) is 7. The Labute approximate surface area is 248 Å². The number of anilines is 1. The fourth-order valence-electron chi connectivity index (χ4n) is 4.51. The smallest absolute Gasteiger partial charge is 0.281 e. The highest BCUT2D eigenvalue weighted by molar-refractivity contribution is 14.1. The van der Waals surface area contributed by atoms with E-state index in [2.05, 4.69) is 22.3 Å². The summed E-state index contributed by atoms with van der Waals surface area (Å²) < 4.78 is 4.21. The minimum Gasteiger partial charge on any atom is -0.398 e. The number of nitrogens with zero attached hydrogens (tertiary/aromatic N) is 7. The number of benzene rings is 4. The van der Waals surface area contributed by atoms with E-state index in [-0.39, 0.29) is 5.69 Å². The first kappa shape index (κ1) is 27.3. The van der Waals surface area contributed by atoms with Gasteiger partial charge in [-0.3, -0.25) is 19.5 Å². The third-order valence-electron chi connectivity index (χ3n) is 6.41. The molecule has 2 N–H and O–H groups in total. The van der Waals surface area contributed by atoms with Crippen molar-refractivity contribution in [1.29, 1.82) is 10.5 Å². The lowest BCUT2D eigenvalue weighted by molar-refractivity contribution is -0.383. The molecule has 11 heteroatoms. The van der Waals surface area contributed by atoms with E-state index in [1.54, 1.807) is 35.1 Å². The number of nitriles is 2. The predicted octanol–water partition coefficient (Wildman–Crippen LogP) is 6.01. The monoisotopic (exact) mass is 652 g/mol. The molecule has 0 spiro atoms. The molecule has 41 heavy (non-hydrogen) atoms. The predicted molar refractivity (Wildman–Crippen MR) is 164 cm³/mol.